The van der Waals surface area contributed by atoms with Gasteiger partial charge in [-0.25, -0.2) is 4.79 Å². The van der Waals surface area contributed by atoms with Gasteiger partial charge in [-0.15, -0.1) is 0 Å². The largest absolute Gasteiger partial charge is 0.467 e. The van der Waals surface area contributed by atoms with Crippen LogP contribution in [0.15, 0.2) is 24.3 Å². The molecule has 0 aliphatic carbocycles. The van der Waals surface area contributed by atoms with Crippen molar-refractivity contribution in [3.63, 3.8) is 0 Å². The van der Waals surface area contributed by atoms with Crippen LogP contribution >= 0.6 is 0 Å². The molecule has 0 aliphatic heterocycles. The molecular formula is C15H21NO3. The molecule has 0 radical (unpaired) electrons. The lowest BCUT2D eigenvalue weighted by Gasteiger charge is -2.18. The maximum absolute atomic E-state index is 12.0. The molecule has 1 rings (SSSR count). The highest BCUT2D eigenvalue weighted by Gasteiger charge is 2.22. The van der Waals surface area contributed by atoms with Gasteiger partial charge in [0.15, 0.2) is 0 Å². The van der Waals surface area contributed by atoms with Crippen LogP contribution in [-0.2, 0) is 9.53 Å². The third-order valence-electron chi connectivity index (χ3n) is 2.81. The number of ether oxygens (including phenoxy) is 1. The van der Waals surface area contributed by atoms with E-state index in [0.29, 0.717) is 17.9 Å². The summed E-state index contributed by atoms with van der Waals surface area (Å²) in [5, 5.41) is 2.72. The third kappa shape index (κ3) is 4.73. The first-order chi connectivity index (χ1) is 8.93. The van der Waals surface area contributed by atoms with Gasteiger partial charge in [-0.3, -0.25) is 4.79 Å². The summed E-state index contributed by atoms with van der Waals surface area (Å²) in [6.45, 7) is 5.94. The highest BCUT2D eigenvalue weighted by Crippen LogP contribution is 2.08. The van der Waals surface area contributed by atoms with Crippen molar-refractivity contribution in [3.05, 3.63) is 35.4 Å². The van der Waals surface area contributed by atoms with Crippen molar-refractivity contribution in [2.45, 2.75) is 33.2 Å². The quantitative estimate of drug-likeness (QED) is 0.829. The van der Waals surface area contributed by atoms with Gasteiger partial charge in [-0.2, -0.15) is 0 Å². The van der Waals surface area contributed by atoms with Crippen LogP contribution in [0.4, 0.5) is 0 Å². The topological polar surface area (TPSA) is 55.4 Å². The smallest absolute Gasteiger partial charge is 0.328 e. The second kappa shape index (κ2) is 6.92. The maximum Gasteiger partial charge on any atom is 0.328 e. The van der Waals surface area contributed by atoms with Crippen LogP contribution in [0.25, 0.3) is 0 Å². The van der Waals surface area contributed by atoms with Crippen LogP contribution in [-0.4, -0.2) is 25.0 Å². The summed E-state index contributed by atoms with van der Waals surface area (Å²) in [7, 11) is 1.33. The molecule has 19 heavy (non-hydrogen) atoms. The Morgan fingerprint density at radius 2 is 1.79 bits per heavy atom. The van der Waals surface area contributed by atoms with Crippen LogP contribution in [0, 0.1) is 12.8 Å². The molecule has 1 amide bonds. The Bertz CT molecular complexity index is 437. The molecule has 104 valence electrons. The lowest BCUT2D eigenvalue weighted by atomic mass is 10.0. The normalized spacial score (nSPS) is 12.1. The summed E-state index contributed by atoms with van der Waals surface area (Å²) in [5.41, 5.74) is 1.63. The molecule has 1 aromatic rings. The van der Waals surface area contributed by atoms with Gasteiger partial charge < -0.3 is 10.1 Å². The lowest BCUT2D eigenvalue weighted by molar-refractivity contribution is -0.143. The number of aryl methyl sites for hydroxylation is 1. The Labute approximate surface area is 114 Å². The minimum Gasteiger partial charge on any atom is -0.467 e. The highest BCUT2D eigenvalue weighted by molar-refractivity contribution is 5.96. The van der Waals surface area contributed by atoms with Crippen LogP contribution in [0.5, 0.6) is 0 Å². The third-order valence-corrected chi connectivity index (χ3v) is 2.81. The van der Waals surface area contributed by atoms with Crippen LogP contribution in [0.2, 0.25) is 0 Å². The number of hydrogen-bond acceptors (Lipinski definition) is 3. The Hall–Kier alpha value is -1.84. The van der Waals surface area contributed by atoms with Crippen molar-refractivity contribution in [1.29, 1.82) is 0 Å². The van der Waals surface area contributed by atoms with Gasteiger partial charge in [-0.1, -0.05) is 31.5 Å². The van der Waals surface area contributed by atoms with E-state index in [0.717, 1.165) is 5.56 Å². The molecule has 0 spiro atoms. The van der Waals surface area contributed by atoms with Crippen LogP contribution in [0.1, 0.15) is 36.2 Å². The van der Waals surface area contributed by atoms with Gasteiger partial charge in [0.25, 0.3) is 5.91 Å². The number of amides is 1. The van der Waals surface area contributed by atoms with Gasteiger partial charge in [0.05, 0.1) is 7.11 Å². The molecule has 0 bridgehead atoms. The molecular weight excluding hydrogens is 242 g/mol. The first-order valence-electron chi connectivity index (χ1n) is 6.39. The van der Waals surface area contributed by atoms with Gasteiger partial charge in [0, 0.05) is 5.56 Å². The van der Waals surface area contributed by atoms with Gasteiger partial charge in [0.2, 0.25) is 0 Å². The maximum atomic E-state index is 12.0. The van der Waals surface area contributed by atoms with Crippen molar-refractivity contribution in [2.75, 3.05) is 7.11 Å². The number of rotatable bonds is 5. The second-order valence-electron chi connectivity index (χ2n) is 5.04. The minimum atomic E-state index is -0.598. The van der Waals surface area contributed by atoms with E-state index in [4.69, 9.17) is 4.74 Å². The van der Waals surface area contributed by atoms with Gasteiger partial charge in [0.1, 0.15) is 6.04 Å². The summed E-state index contributed by atoms with van der Waals surface area (Å²) in [6, 6.07) is 6.62. The van der Waals surface area contributed by atoms with E-state index in [-0.39, 0.29) is 5.91 Å². The molecule has 0 aliphatic rings. The fourth-order valence-electron chi connectivity index (χ4n) is 1.77. The second-order valence-corrected chi connectivity index (χ2v) is 5.04. The number of hydrogen-bond donors (Lipinski definition) is 1. The van der Waals surface area contributed by atoms with E-state index in [2.05, 4.69) is 5.32 Å². The average Bonchev–Trinajstić information content (AvgIpc) is 2.37. The molecule has 0 aromatic heterocycles. The van der Waals surface area contributed by atoms with Gasteiger partial charge in [-0.05, 0) is 31.4 Å². The zero-order valence-corrected chi connectivity index (χ0v) is 11.9. The summed E-state index contributed by atoms with van der Waals surface area (Å²) in [6.07, 6.45) is 0.560. The predicted molar refractivity (Wildman–Crippen MR) is 73.9 cm³/mol. The fourth-order valence-corrected chi connectivity index (χ4v) is 1.77. The van der Waals surface area contributed by atoms with Crippen molar-refractivity contribution in [1.82, 2.24) is 5.32 Å². The molecule has 4 nitrogen and oxygen atoms in total. The first-order valence-corrected chi connectivity index (χ1v) is 6.39. The van der Waals surface area contributed by atoms with E-state index in [9.17, 15) is 9.59 Å². The Balaban J connectivity index is 2.75. The molecule has 1 aromatic carbocycles. The monoisotopic (exact) mass is 263 g/mol. The van der Waals surface area contributed by atoms with E-state index < -0.39 is 12.0 Å². The molecule has 0 saturated carbocycles. The summed E-state index contributed by atoms with van der Waals surface area (Å²) in [4.78, 5) is 23.7. The van der Waals surface area contributed by atoms with Crippen molar-refractivity contribution < 1.29 is 14.3 Å². The summed E-state index contributed by atoms with van der Waals surface area (Å²) < 4.78 is 4.72. The van der Waals surface area contributed by atoms with Gasteiger partial charge >= 0.3 is 5.97 Å². The van der Waals surface area contributed by atoms with Crippen molar-refractivity contribution >= 4 is 11.9 Å². The van der Waals surface area contributed by atoms with Crippen molar-refractivity contribution in [2.24, 2.45) is 5.92 Å². The molecule has 0 fully saturated rings. The molecule has 0 unspecified atom stereocenters. The number of methoxy groups -OCH3 is 1. The first kappa shape index (κ1) is 15.2. The van der Waals surface area contributed by atoms with E-state index >= 15 is 0 Å². The molecule has 1 N–H and O–H groups in total. The number of carbonyl (C=O) groups excluding carboxylic acids is 2. The standard InChI is InChI=1S/C15H21NO3/c1-10(2)9-13(15(18)19-4)16-14(17)12-7-5-11(3)6-8-12/h5-8,10,13H,9H2,1-4H3,(H,16,17)/t13-/m0/s1. The Morgan fingerprint density at radius 1 is 1.21 bits per heavy atom. The SMILES string of the molecule is COC(=O)[C@H](CC(C)C)NC(=O)c1ccc(C)cc1. The average molecular weight is 263 g/mol. The lowest BCUT2D eigenvalue weighted by Crippen LogP contribution is -2.42. The molecule has 0 saturated heterocycles. The summed E-state index contributed by atoms with van der Waals surface area (Å²) in [5.74, 6) is -0.368. The highest BCUT2D eigenvalue weighted by atomic mass is 16.5. The van der Waals surface area contributed by atoms with E-state index in [1.165, 1.54) is 7.11 Å². The zero-order chi connectivity index (χ0) is 14.4. The van der Waals surface area contributed by atoms with Crippen LogP contribution in [0.3, 0.4) is 0 Å². The van der Waals surface area contributed by atoms with Crippen molar-refractivity contribution in [3.8, 4) is 0 Å². The predicted octanol–water partition coefficient (Wildman–Crippen LogP) is 2.31. The number of carbonyl (C=O) groups is 2. The number of esters is 1. The fraction of sp³-hybridized carbons (Fsp3) is 0.467. The zero-order valence-electron chi connectivity index (χ0n) is 11.9. The van der Waals surface area contributed by atoms with E-state index in [1.54, 1.807) is 12.1 Å². The number of nitrogens with one attached hydrogen (secondary N) is 1. The van der Waals surface area contributed by atoms with E-state index in [1.807, 2.05) is 32.9 Å². The Morgan fingerprint density at radius 3 is 2.26 bits per heavy atom. The molecule has 4 heteroatoms. The number of benzene rings is 1. The Kier molecular flexibility index (Phi) is 5.55. The molecule has 0 heterocycles. The van der Waals surface area contributed by atoms with Crippen LogP contribution < -0.4 is 5.32 Å². The summed E-state index contributed by atoms with van der Waals surface area (Å²) >= 11 is 0. The minimum absolute atomic E-state index is 0.254. The molecule has 1 atom stereocenters.